The molecule has 5 heteroatoms. The van der Waals surface area contributed by atoms with E-state index in [2.05, 4.69) is 10.6 Å². The van der Waals surface area contributed by atoms with Crippen LogP contribution in [0, 0.1) is 0 Å². The number of carbonyl (C=O) groups excluding carboxylic acids is 1. The lowest BCUT2D eigenvalue weighted by Crippen LogP contribution is -2.31. The van der Waals surface area contributed by atoms with Crippen molar-refractivity contribution in [3.05, 3.63) is 23.8 Å². The van der Waals surface area contributed by atoms with E-state index in [0.717, 1.165) is 5.56 Å². The summed E-state index contributed by atoms with van der Waals surface area (Å²) < 4.78 is 0. The maximum absolute atomic E-state index is 10.6. The van der Waals surface area contributed by atoms with Crippen LogP contribution in [-0.4, -0.2) is 29.2 Å². The lowest BCUT2D eigenvalue weighted by Gasteiger charge is -2.15. The van der Waals surface area contributed by atoms with Gasteiger partial charge >= 0.3 is 0 Å². The summed E-state index contributed by atoms with van der Waals surface area (Å²) in [7, 11) is 0. The second-order valence-electron chi connectivity index (χ2n) is 3.94. The highest BCUT2D eigenvalue weighted by molar-refractivity contribution is 5.72. The number of hydrogen-bond donors (Lipinski definition) is 4. The summed E-state index contributed by atoms with van der Waals surface area (Å²) in [5, 5.41) is 24.5. The van der Waals surface area contributed by atoms with Crippen LogP contribution < -0.4 is 10.6 Å². The van der Waals surface area contributed by atoms with E-state index >= 15 is 0 Å². The third kappa shape index (κ3) is 4.74. The average Bonchev–Trinajstić information content (AvgIpc) is 2.22. The van der Waals surface area contributed by atoms with Crippen molar-refractivity contribution in [1.29, 1.82) is 0 Å². The number of phenolic OH excluding ortho intramolecular Hbond substituents is 2. The summed E-state index contributed by atoms with van der Waals surface area (Å²) in [5.74, 6) is 0.0143. The summed E-state index contributed by atoms with van der Waals surface area (Å²) in [6.07, 6.45) is 0. The molecule has 0 radical (unpaired) electrons. The van der Waals surface area contributed by atoms with Gasteiger partial charge in [0.25, 0.3) is 0 Å². The summed E-state index contributed by atoms with van der Waals surface area (Å²) in [4.78, 5) is 10.6. The Kier molecular flexibility index (Phi) is 4.78. The number of rotatable bonds is 5. The average molecular weight is 238 g/mol. The number of hydrogen-bond acceptors (Lipinski definition) is 4. The van der Waals surface area contributed by atoms with Crippen LogP contribution in [0.1, 0.15) is 25.5 Å². The van der Waals surface area contributed by atoms with E-state index < -0.39 is 0 Å². The highest BCUT2D eigenvalue weighted by Gasteiger charge is 2.07. The fourth-order valence-corrected chi connectivity index (χ4v) is 1.51. The topological polar surface area (TPSA) is 81.6 Å². The number of benzene rings is 1. The summed E-state index contributed by atoms with van der Waals surface area (Å²) in [6, 6.07) is 4.46. The van der Waals surface area contributed by atoms with Gasteiger partial charge in [0, 0.05) is 32.1 Å². The molecule has 1 rings (SSSR count). The van der Waals surface area contributed by atoms with Crippen LogP contribution in [0.25, 0.3) is 0 Å². The van der Waals surface area contributed by atoms with Gasteiger partial charge < -0.3 is 20.8 Å². The maximum atomic E-state index is 10.6. The van der Waals surface area contributed by atoms with Gasteiger partial charge in [-0.25, -0.2) is 0 Å². The number of aromatic hydroxyl groups is 2. The molecule has 0 aliphatic heterocycles. The zero-order valence-electron chi connectivity index (χ0n) is 10.0. The number of nitrogens with one attached hydrogen (secondary N) is 2. The van der Waals surface area contributed by atoms with Gasteiger partial charge in [0.2, 0.25) is 5.91 Å². The zero-order chi connectivity index (χ0) is 12.8. The second kappa shape index (κ2) is 6.10. The summed E-state index contributed by atoms with van der Waals surface area (Å²) in [5.41, 5.74) is 0.797. The summed E-state index contributed by atoms with van der Waals surface area (Å²) in [6.45, 7) is 4.56. The number of phenols is 2. The van der Waals surface area contributed by atoms with Crippen LogP contribution >= 0.6 is 0 Å². The molecule has 1 atom stereocenters. The quantitative estimate of drug-likeness (QED) is 0.574. The number of amides is 1. The Hall–Kier alpha value is -1.75. The molecule has 1 unspecified atom stereocenters. The van der Waals surface area contributed by atoms with Crippen LogP contribution in [0.5, 0.6) is 11.5 Å². The molecule has 0 heterocycles. The van der Waals surface area contributed by atoms with Crippen molar-refractivity contribution >= 4 is 5.91 Å². The smallest absolute Gasteiger partial charge is 0.216 e. The van der Waals surface area contributed by atoms with Crippen molar-refractivity contribution in [2.45, 2.75) is 19.9 Å². The molecule has 0 aliphatic carbocycles. The molecule has 5 nitrogen and oxygen atoms in total. The standard InChI is InChI=1S/C12H18N2O3/c1-8(13-3-4-14-9(2)15)10-5-11(16)7-12(17)6-10/h5-8,13,16-17H,3-4H2,1-2H3,(H,14,15). The maximum Gasteiger partial charge on any atom is 0.216 e. The minimum Gasteiger partial charge on any atom is -0.508 e. The molecular weight excluding hydrogens is 220 g/mol. The highest BCUT2D eigenvalue weighted by atomic mass is 16.3. The van der Waals surface area contributed by atoms with Gasteiger partial charge in [-0.1, -0.05) is 0 Å². The van der Waals surface area contributed by atoms with Gasteiger partial charge in [-0.05, 0) is 24.6 Å². The lowest BCUT2D eigenvalue weighted by atomic mass is 10.1. The Bertz CT molecular complexity index is 373. The molecule has 0 saturated heterocycles. The molecule has 1 aromatic rings. The second-order valence-corrected chi connectivity index (χ2v) is 3.94. The minimum atomic E-state index is -0.0607. The first-order valence-corrected chi connectivity index (χ1v) is 5.50. The Labute approximate surface area is 100 Å². The normalized spacial score (nSPS) is 12.1. The van der Waals surface area contributed by atoms with E-state index in [0.29, 0.717) is 13.1 Å². The molecule has 1 aromatic carbocycles. The van der Waals surface area contributed by atoms with Crippen LogP contribution in [0.15, 0.2) is 18.2 Å². The lowest BCUT2D eigenvalue weighted by molar-refractivity contribution is -0.118. The van der Waals surface area contributed by atoms with E-state index in [1.807, 2.05) is 6.92 Å². The zero-order valence-corrected chi connectivity index (χ0v) is 10.0. The van der Waals surface area contributed by atoms with Crippen molar-refractivity contribution < 1.29 is 15.0 Å². The van der Waals surface area contributed by atoms with Gasteiger partial charge in [-0.3, -0.25) is 4.79 Å². The first kappa shape index (κ1) is 13.3. The predicted octanol–water partition coefficient (Wildman–Crippen LogP) is 0.884. The molecule has 1 amide bonds. The van der Waals surface area contributed by atoms with Gasteiger partial charge in [-0.15, -0.1) is 0 Å². The van der Waals surface area contributed by atoms with Gasteiger partial charge in [0.15, 0.2) is 0 Å². The molecule has 0 saturated carbocycles. The Balaban J connectivity index is 2.46. The van der Waals surface area contributed by atoms with E-state index in [1.165, 1.54) is 13.0 Å². The van der Waals surface area contributed by atoms with Crippen LogP contribution in [0.2, 0.25) is 0 Å². The Morgan fingerprint density at radius 3 is 2.35 bits per heavy atom. The molecule has 4 N–H and O–H groups in total. The monoisotopic (exact) mass is 238 g/mol. The van der Waals surface area contributed by atoms with Crippen molar-refractivity contribution in [2.75, 3.05) is 13.1 Å². The molecule has 0 aliphatic rings. The van der Waals surface area contributed by atoms with E-state index in [1.54, 1.807) is 12.1 Å². The third-order valence-electron chi connectivity index (χ3n) is 2.37. The van der Waals surface area contributed by atoms with Crippen molar-refractivity contribution in [2.24, 2.45) is 0 Å². The number of carbonyl (C=O) groups is 1. The third-order valence-corrected chi connectivity index (χ3v) is 2.37. The largest absolute Gasteiger partial charge is 0.508 e. The van der Waals surface area contributed by atoms with Crippen molar-refractivity contribution in [3.8, 4) is 11.5 Å². The molecule has 0 spiro atoms. The molecule has 17 heavy (non-hydrogen) atoms. The molecule has 0 bridgehead atoms. The van der Waals surface area contributed by atoms with Crippen LogP contribution in [0.3, 0.4) is 0 Å². The SMILES string of the molecule is CC(=O)NCCNC(C)c1cc(O)cc(O)c1. The predicted molar refractivity (Wildman–Crippen MR) is 64.9 cm³/mol. The Morgan fingerprint density at radius 2 is 1.82 bits per heavy atom. The van der Waals surface area contributed by atoms with Crippen molar-refractivity contribution in [3.63, 3.8) is 0 Å². The van der Waals surface area contributed by atoms with Gasteiger partial charge in [0.05, 0.1) is 0 Å². The first-order valence-electron chi connectivity index (χ1n) is 5.50. The van der Waals surface area contributed by atoms with Gasteiger partial charge in [0.1, 0.15) is 11.5 Å². The minimum absolute atomic E-state index is 0.0123. The molecule has 94 valence electrons. The highest BCUT2D eigenvalue weighted by Crippen LogP contribution is 2.24. The summed E-state index contributed by atoms with van der Waals surface area (Å²) >= 11 is 0. The fraction of sp³-hybridized carbons (Fsp3) is 0.417. The molecule has 0 aromatic heterocycles. The Morgan fingerprint density at radius 1 is 1.24 bits per heavy atom. The van der Waals surface area contributed by atoms with E-state index in [9.17, 15) is 15.0 Å². The van der Waals surface area contributed by atoms with Crippen LogP contribution in [-0.2, 0) is 4.79 Å². The molecular formula is C12H18N2O3. The van der Waals surface area contributed by atoms with Gasteiger partial charge in [-0.2, -0.15) is 0 Å². The molecule has 0 fully saturated rings. The van der Waals surface area contributed by atoms with E-state index in [-0.39, 0.29) is 23.4 Å². The van der Waals surface area contributed by atoms with E-state index in [4.69, 9.17) is 0 Å². The first-order chi connectivity index (χ1) is 7.99. The van der Waals surface area contributed by atoms with Crippen LogP contribution in [0.4, 0.5) is 0 Å². The van der Waals surface area contributed by atoms with Crippen molar-refractivity contribution in [1.82, 2.24) is 10.6 Å². The fourth-order valence-electron chi connectivity index (χ4n) is 1.51.